The molecule has 2 atom stereocenters. The number of fused-ring (bicyclic) bond motifs is 1. The highest BCUT2D eigenvalue weighted by Crippen LogP contribution is 2.50. The first-order valence-electron chi connectivity index (χ1n) is 6.22. The highest BCUT2D eigenvalue weighted by molar-refractivity contribution is 5.08. The third-order valence-electron chi connectivity index (χ3n) is 3.91. The van der Waals surface area contributed by atoms with Gasteiger partial charge in [0.05, 0.1) is 0 Å². The van der Waals surface area contributed by atoms with Crippen LogP contribution in [-0.4, -0.2) is 29.7 Å². The van der Waals surface area contributed by atoms with Crippen molar-refractivity contribution >= 4 is 0 Å². The lowest BCUT2D eigenvalue weighted by Crippen LogP contribution is -2.39. The van der Waals surface area contributed by atoms with Crippen molar-refractivity contribution in [2.75, 3.05) is 13.1 Å². The summed E-state index contributed by atoms with van der Waals surface area (Å²) in [6.45, 7) is 10.9. The van der Waals surface area contributed by atoms with E-state index in [-0.39, 0.29) is 5.54 Å². The van der Waals surface area contributed by atoms with Gasteiger partial charge in [-0.15, -0.1) is 0 Å². The number of hydrogen-bond acceptors (Lipinski definition) is 1. The molecular weight excluding hydrogens is 189 g/mol. The van der Waals surface area contributed by atoms with Crippen LogP contribution in [-0.2, 0) is 0 Å². The lowest BCUT2D eigenvalue weighted by molar-refractivity contribution is 0.163. The molecule has 2 aliphatic heterocycles. The van der Waals surface area contributed by atoms with E-state index in [1.807, 2.05) is 0 Å². The predicted octanol–water partition coefficient (Wildman–Crippen LogP) is 3.25. The van der Waals surface area contributed by atoms with Crippen LogP contribution in [0.4, 0.5) is 4.39 Å². The van der Waals surface area contributed by atoms with Gasteiger partial charge < -0.3 is 0 Å². The van der Waals surface area contributed by atoms with Gasteiger partial charge in [0, 0.05) is 18.6 Å². The van der Waals surface area contributed by atoms with Crippen LogP contribution in [0.5, 0.6) is 0 Å². The van der Waals surface area contributed by atoms with Gasteiger partial charge in [0.2, 0.25) is 0 Å². The Bertz CT molecular complexity index is 249. The molecule has 0 aromatic rings. The Morgan fingerprint density at radius 2 is 2.07 bits per heavy atom. The van der Waals surface area contributed by atoms with Crippen molar-refractivity contribution in [3.63, 3.8) is 0 Å². The zero-order chi connectivity index (χ0) is 11.3. The van der Waals surface area contributed by atoms with Crippen molar-refractivity contribution in [3.05, 3.63) is 0 Å². The van der Waals surface area contributed by atoms with E-state index >= 15 is 0 Å². The molecule has 0 bridgehead atoms. The molecule has 2 aliphatic rings. The lowest BCUT2D eigenvalue weighted by atomic mass is 9.78. The van der Waals surface area contributed by atoms with Crippen molar-refractivity contribution < 1.29 is 4.39 Å². The van der Waals surface area contributed by atoms with Gasteiger partial charge >= 0.3 is 0 Å². The van der Waals surface area contributed by atoms with E-state index in [4.69, 9.17) is 0 Å². The summed E-state index contributed by atoms with van der Waals surface area (Å²) in [7, 11) is 0. The summed E-state index contributed by atoms with van der Waals surface area (Å²) in [6.07, 6.45) is 2.53. The van der Waals surface area contributed by atoms with Crippen molar-refractivity contribution in [1.29, 1.82) is 0 Å². The summed E-state index contributed by atoms with van der Waals surface area (Å²) in [4.78, 5) is 2.43. The van der Waals surface area contributed by atoms with Crippen LogP contribution in [0, 0.1) is 11.3 Å². The maximum atomic E-state index is 13.6. The van der Waals surface area contributed by atoms with Crippen LogP contribution < -0.4 is 0 Å². The molecule has 0 aromatic carbocycles. The lowest BCUT2D eigenvalue weighted by Gasteiger charge is -2.33. The van der Waals surface area contributed by atoms with Gasteiger partial charge in [0.25, 0.3) is 0 Å². The molecular formula is C13H24FN. The van der Waals surface area contributed by atoms with Crippen molar-refractivity contribution in [2.45, 2.75) is 58.7 Å². The fourth-order valence-electron chi connectivity index (χ4n) is 3.96. The second-order valence-electron chi connectivity index (χ2n) is 6.85. The molecule has 15 heavy (non-hydrogen) atoms. The molecule has 0 aromatic heterocycles. The number of hydrogen-bond donors (Lipinski definition) is 0. The minimum absolute atomic E-state index is 0.192. The molecule has 0 radical (unpaired) electrons. The molecule has 2 heteroatoms. The Morgan fingerprint density at radius 1 is 1.40 bits per heavy atom. The molecule has 2 saturated heterocycles. The molecule has 0 spiro atoms. The van der Waals surface area contributed by atoms with E-state index in [0.29, 0.717) is 17.9 Å². The van der Waals surface area contributed by atoms with Crippen molar-refractivity contribution in [1.82, 2.24) is 4.90 Å². The van der Waals surface area contributed by atoms with Crippen LogP contribution in [0.15, 0.2) is 0 Å². The zero-order valence-electron chi connectivity index (χ0n) is 10.5. The third-order valence-corrected chi connectivity index (χ3v) is 3.91. The minimum Gasteiger partial charge on any atom is -0.294 e. The van der Waals surface area contributed by atoms with Gasteiger partial charge in [-0.05, 0) is 30.6 Å². The van der Waals surface area contributed by atoms with Crippen LogP contribution in [0.3, 0.4) is 0 Å². The first-order chi connectivity index (χ1) is 6.83. The van der Waals surface area contributed by atoms with Gasteiger partial charge in [0.15, 0.2) is 0 Å². The Hall–Kier alpha value is -0.110. The number of alkyl halides is 1. The molecule has 1 nitrogen and oxygen atoms in total. The van der Waals surface area contributed by atoms with E-state index < -0.39 is 6.17 Å². The topological polar surface area (TPSA) is 3.24 Å². The summed E-state index contributed by atoms with van der Waals surface area (Å²) in [5, 5.41) is 0. The average Bonchev–Trinajstić information content (AvgIpc) is 2.32. The maximum absolute atomic E-state index is 13.6. The number of rotatable bonds is 2. The molecule has 0 saturated carbocycles. The van der Waals surface area contributed by atoms with Gasteiger partial charge in [0.1, 0.15) is 6.17 Å². The molecule has 2 fully saturated rings. The molecule has 0 aliphatic carbocycles. The van der Waals surface area contributed by atoms with E-state index in [1.54, 1.807) is 0 Å². The molecule has 88 valence electrons. The molecule has 0 amide bonds. The van der Waals surface area contributed by atoms with Gasteiger partial charge in [-0.2, -0.15) is 0 Å². The van der Waals surface area contributed by atoms with Gasteiger partial charge in [-0.3, -0.25) is 4.90 Å². The minimum atomic E-state index is -0.583. The SMILES string of the molecule is CC(C)CC12CC(F)CN1CC(C)(C)C2. The second-order valence-corrected chi connectivity index (χ2v) is 6.85. The van der Waals surface area contributed by atoms with Crippen LogP contribution in [0.25, 0.3) is 0 Å². The number of halogens is 1. The first kappa shape index (κ1) is 11.4. The Labute approximate surface area is 93.0 Å². The fourth-order valence-corrected chi connectivity index (χ4v) is 3.96. The summed E-state index contributed by atoms with van der Waals surface area (Å²) >= 11 is 0. The third kappa shape index (κ3) is 2.06. The molecule has 2 rings (SSSR count). The summed E-state index contributed by atoms with van der Waals surface area (Å²) in [5.41, 5.74) is 0.576. The van der Waals surface area contributed by atoms with E-state index in [9.17, 15) is 4.39 Å². The normalized spacial score (nSPS) is 40.0. The monoisotopic (exact) mass is 213 g/mol. The Kier molecular flexibility index (Phi) is 2.61. The quantitative estimate of drug-likeness (QED) is 0.680. The van der Waals surface area contributed by atoms with Crippen LogP contribution in [0.1, 0.15) is 47.0 Å². The van der Waals surface area contributed by atoms with Crippen molar-refractivity contribution in [2.24, 2.45) is 11.3 Å². The average molecular weight is 213 g/mol. The summed E-state index contributed by atoms with van der Waals surface area (Å²) in [6, 6.07) is 0. The summed E-state index contributed by atoms with van der Waals surface area (Å²) in [5.74, 6) is 0.673. The fraction of sp³-hybridized carbons (Fsp3) is 1.00. The smallest absolute Gasteiger partial charge is 0.115 e. The van der Waals surface area contributed by atoms with E-state index in [0.717, 1.165) is 19.4 Å². The molecule has 0 N–H and O–H groups in total. The van der Waals surface area contributed by atoms with Crippen LogP contribution in [0.2, 0.25) is 0 Å². The van der Waals surface area contributed by atoms with Crippen LogP contribution >= 0.6 is 0 Å². The van der Waals surface area contributed by atoms with Crippen molar-refractivity contribution in [3.8, 4) is 0 Å². The van der Waals surface area contributed by atoms with Gasteiger partial charge in [-0.1, -0.05) is 27.7 Å². The highest BCUT2D eigenvalue weighted by Gasteiger charge is 2.54. The number of nitrogens with zero attached hydrogens (tertiary/aromatic N) is 1. The maximum Gasteiger partial charge on any atom is 0.115 e. The highest BCUT2D eigenvalue weighted by atomic mass is 19.1. The Balaban J connectivity index is 2.18. The van der Waals surface area contributed by atoms with Gasteiger partial charge in [-0.25, -0.2) is 4.39 Å². The standard InChI is InChI=1S/C13H24FN/c1-10(2)5-13-6-11(14)7-15(13)9-12(3,4)8-13/h10-11H,5-9H2,1-4H3. The Morgan fingerprint density at radius 3 is 2.67 bits per heavy atom. The zero-order valence-corrected chi connectivity index (χ0v) is 10.5. The van der Waals surface area contributed by atoms with E-state index in [2.05, 4.69) is 32.6 Å². The second kappa shape index (κ2) is 3.44. The summed E-state index contributed by atoms with van der Waals surface area (Å²) < 4.78 is 13.6. The van der Waals surface area contributed by atoms with E-state index in [1.165, 1.54) is 6.42 Å². The predicted molar refractivity (Wildman–Crippen MR) is 61.7 cm³/mol. The molecule has 2 heterocycles. The first-order valence-corrected chi connectivity index (χ1v) is 6.22. The largest absolute Gasteiger partial charge is 0.294 e. The molecule has 2 unspecified atom stereocenters.